The van der Waals surface area contributed by atoms with Gasteiger partial charge in [-0.05, 0) is 60.8 Å². The molecule has 0 fully saturated rings. The average Bonchev–Trinajstić information content (AvgIpc) is 2.39. The Hall–Kier alpha value is -0.120. The Kier molecular flexibility index (Phi) is 2.58. The summed E-state index contributed by atoms with van der Waals surface area (Å²) in [5, 5.41) is 0. The van der Waals surface area contributed by atoms with Gasteiger partial charge in [-0.3, -0.25) is 4.79 Å². The third-order valence-electron chi connectivity index (χ3n) is 2.88. The van der Waals surface area contributed by atoms with Gasteiger partial charge in [0.15, 0.2) is 5.78 Å². The van der Waals surface area contributed by atoms with Crippen LogP contribution in [0.15, 0.2) is 20.3 Å². The van der Waals surface area contributed by atoms with E-state index >= 15 is 0 Å². The summed E-state index contributed by atoms with van der Waals surface area (Å²) >= 11 is 2.33. The highest BCUT2D eigenvalue weighted by Gasteiger charge is 2.26. The Morgan fingerprint density at radius 2 is 2.00 bits per heavy atom. The lowest BCUT2D eigenvalue weighted by molar-refractivity contribution is -0.113. The minimum Gasteiger partial charge on any atom is -0.294 e. The first kappa shape index (κ1) is 9.44. The molecule has 2 rings (SSSR count). The molecule has 0 saturated carbocycles. The number of carbonyl (C=O) groups is 1. The second-order valence-electron chi connectivity index (χ2n) is 3.80. The SMILES string of the molecule is CC(=O)C1=C(I)CC2=C1CCCC2. The zero-order chi connectivity index (χ0) is 9.42. The number of allylic oxidation sites excluding steroid dienone is 4. The van der Waals surface area contributed by atoms with Crippen molar-refractivity contribution in [2.24, 2.45) is 0 Å². The number of hydrogen-bond acceptors (Lipinski definition) is 1. The highest BCUT2D eigenvalue weighted by Crippen LogP contribution is 2.43. The van der Waals surface area contributed by atoms with Gasteiger partial charge in [0.05, 0.1) is 0 Å². The van der Waals surface area contributed by atoms with E-state index in [0.29, 0.717) is 0 Å². The van der Waals surface area contributed by atoms with Crippen molar-refractivity contribution in [1.82, 2.24) is 0 Å². The van der Waals surface area contributed by atoms with Crippen LogP contribution in [0.3, 0.4) is 0 Å². The third kappa shape index (κ3) is 1.60. The highest BCUT2D eigenvalue weighted by atomic mass is 127. The van der Waals surface area contributed by atoms with Gasteiger partial charge < -0.3 is 0 Å². The van der Waals surface area contributed by atoms with Gasteiger partial charge in [-0.2, -0.15) is 0 Å². The fourth-order valence-electron chi connectivity index (χ4n) is 2.31. The van der Waals surface area contributed by atoms with Crippen molar-refractivity contribution >= 4 is 28.4 Å². The first-order valence-corrected chi connectivity index (χ1v) is 5.89. The van der Waals surface area contributed by atoms with Gasteiger partial charge in [-0.25, -0.2) is 0 Å². The minimum absolute atomic E-state index is 0.260. The van der Waals surface area contributed by atoms with Crippen molar-refractivity contribution in [3.63, 3.8) is 0 Å². The van der Waals surface area contributed by atoms with Crippen LogP contribution in [0, 0.1) is 0 Å². The Morgan fingerprint density at radius 1 is 1.31 bits per heavy atom. The zero-order valence-electron chi connectivity index (χ0n) is 7.82. The van der Waals surface area contributed by atoms with E-state index < -0.39 is 0 Å². The topological polar surface area (TPSA) is 17.1 Å². The van der Waals surface area contributed by atoms with E-state index in [1.807, 2.05) is 0 Å². The van der Waals surface area contributed by atoms with Crippen molar-refractivity contribution < 1.29 is 4.79 Å². The molecule has 0 aromatic carbocycles. The van der Waals surface area contributed by atoms with E-state index in [2.05, 4.69) is 22.6 Å². The monoisotopic (exact) mass is 288 g/mol. The van der Waals surface area contributed by atoms with E-state index in [1.54, 1.807) is 12.5 Å². The van der Waals surface area contributed by atoms with Gasteiger partial charge in [-0.1, -0.05) is 5.57 Å². The molecule has 0 radical (unpaired) electrons. The second kappa shape index (κ2) is 3.56. The lowest BCUT2D eigenvalue weighted by atomic mass is 9.90. The van der Waals surface area contributed by atoms with E-state index in [9.17, 15) is 4.79 Å². The fourth-order valence-corrected chi connectivity index (χ4v) is 3.47. The second-order valence-corrected chi connectivity index (χ2v) is 5.10. The lowest BCUT2D eigenvalue weighted by Gasteiger charge is -2.15. The van der Waals surface area contributed by atoms with Crippen LogP contribution >= 0.6 is 22.6 Å². The smallest absolute Gasteiger partial charge is 0.160 e. The summed E-state index contributed by atoms with van der Waals surface area (Å²) in [7, 11) is 0. The lowest BCUT2D eigenvalue weighted by Crippen LogP contribution is -2.02. The standard InChI is InChI=1S/C11H13IO/c1-7(13)11-9-5-3-2-4-8(9)6-10(11)12/h2-6H2,1H3. The molecule has 2 aliphatic rings. The number of ketones is 1. The van der Waals surface area contributed by atoms with Crippen LogP contribution in [0.5, 0.6) is 0 Å². The molecule has 70 valence electrons. The average molecular weight is 288 g/mol. The molecule has 0 heterocycles. The number of halogens is 1. The third-order valence-corrected chi connectivity index (χ3v) is 3.80. The number of hydrogen-bond donors (Lipinski definition) is 0. The van der Waals surface area contributed by atoms with Crippen LogP contribution in [-0.4, -0.2) is 5.78 Å². The summed E-state index contributed by atoms with van der Waals surface area (Å²) in [6.45, 7) is 1.69. The van der Waals surface area contributed by atoms with Gasteiger partial charge in [-0.15, -0.1) is 0 Å². The molecule has 0 unspecified atom stereocenters. The van der Waals surface area contributed by atoms with Crippen LogP contribution in [0.25, 0.3) is 0 Å². The summed E-state index contributed by atoms with van der Waals surface area (Å²) < 4.78 is 1.28. The number of rotatable bonds is 1. The van der Waals surface area contributed by atoms with Gasteiger partial charge >= 0.3 is 0 Å². The zero-order valence-corrected chi connectivity index (χ0v) is 9.98. The number of carbonyl (C=O) groups excluding carboxylic acids is 1. The summed E-state index contributed by atoms with van der Waals surface area (Å²) in [5.41, 5.74) is 3.99. The molecule has 13 heavy (non-hydrogen) atoms. The van der Waals surface area contributed by atoms with Crippen molar-refractivity contribution in [1.29, 1.82) is 0 Å². The molecular formula is C11H13IO. The maximum atomic E-state index is 11.4. The van der Waals surface area contributed by atoms with Gasteiger partial charge in [0, 0.05) is 15.6 Å². The molecule has 0 spiro atoms. The van der Waals surface area contributed by atoms with Gasteiger partial charge in [0.1, 0.15) is 0 Å². The molecule has 0 bridgehead atoms. The van der Waals surface area contributed by atoms with E-state index in [4.69, 9.17) is 0 Å². The van der Waals surface area contributed by atoms with Gasteiger partial charge in [0.2, 0.25) is 0 Å². The Labute approximate surface area is 92.4 Å². The predicted octanol–water partition coefficient (Wildman–Crippen LogP) is 3.54. The fraction of sp³-hybridized carbons (Fsp3) is 0.545. The number of Topliss-reactive ketones (excluding diaryl/α,β-unsaturated/α-hetero) is 1. The van der Waals surface area contributed by atoms with Gasteiger partial charge in [0.25, 0.3) is 0 Å². The molecule has 0 aromatic rings. The Bertz CT molecular complexity index is 323. The molecule has 0 N–H and O–H groups in total. The molecule has 2 aliphatic carbocycles. The van der Waals surface area contributed by atoms with E-state index in [-0.39, 0.29) is 5.78 Å². The molecule has 0 amide bonds. The predicted molar refractivity (Wildman–Crippen MR) is 61.8 cm³/mol. The summed E-state index contributed by atoms with van der Waals surface area (Å²) in [4.78, 5) is 11.4. The quantitative estimate of drug-likeness (QED) is 0.674. The van der Waals surface area contributed by atoms with Crippen molar-refractivity contribution in [3.05, 3.63) is 20.3 Å². The first-order chi connectivity index (χ1) is 6.20. The molecule has 1 nitrogen and oxygen atoms in total. The van der Waals surface area contributed by atoms with Crippen LogP contribution in [0.4, 0.5) is 0 Å². The molecule has 0 saturated heterocycles. The molecular weight excluding hydrogens is 275 g/mol. The minimum atomic E-state index is 0.260. The molecule has 0 aromatic heterocycles. The Balaban J connectivity index is 2.38. The van der Waals surface area contributed by atoms with Crippen molar-refractivity contribution in [2.45, 2.75) is 39.0 Å². The van der Waals surface area contributed by atoms with Crippen LogP contribution in [0.1, 0.15) is 39.0 Å². The molecule has 0 atom stereocenters. The van der Waals surface area contributed by atoms with Crippen LogP contribution < -0.4 is 0 Å². The van der Waals surface area contributed by atoms with E-state index in [0.717, 1.165) is 18.4 Å². The molecule has 2 heteroatoms. The Morgan fingerprint density at radius 3 is 2.69 bits per heavy atom. The summed E-state index contributed by atoms with van der Waals surface area (Å²) in [6.07, 6.45) is 5.99. The summed E-state index contributed by atoms with van der Waals surface area (Å²) in [5.74, 6) is 0.260. The van der Waals surface area contributed by atoms with Crippen molar-refractivity contribution in [3.8, 4) is 0 Å². The maximum Gasteiger partial charge on any atom is 0.160 e. The normalized spacial score (nSPS) is 22.3. The maximum absolute atomic E-state index is 11.4. The summed E-state index contributed by atoms with van der Waals surface area (Å²) in [6, 6.07) is 0. The van der Waals surface area contributed by atoms with Crippen molar-refractivity contribution in [2.75, 3.05) is 0 Å². The molecule has 0 aliphatic heterocycles. The highest BCUT2D eigenvalue weighted by molar-refractivity contribution is 14.1. The van der Waals surface area contributed by atoms with E-state index in [1.165, 1.54) is 28.4 Å². The van der Waals surface area contributed by atoms with Crippen LogP contribution in [0.2, 0.25) is 0 Å². The van der Waals surface area contributed by atoms with Crippen LogP contribution in [-0.2, 0) is 4.79 Å². The largest absolute Gasteiger partial charge is 0.294 e. The first-order valence-electron chi connectivity index (χ1n) is 4.81.